The molecule has 2 aliphatic heterocycles. The lowest BCUT2D eigenvalue weighted by molar-refractivity contribution is 0.0533. The number of benzene rings is 2. The van der Waals surface area contributed by atoms with Crippen molar-refractivity contribution in [1.29, 1.82) is 0 Å². The Bertz CT molecular complexity index is 1180. The zero-order valence-corrected chi connectivity index (χ0v) is 20.9. The molecule has 8 heteroatoms. The smallest absolute Gasteiger partial charge is 0.261 e. The van der Waals surface area contributed by atoms with Crippen LogP contribution in [0.3, 0.4) is 0 Å². The van der Waals surface area contributed by atoms with E-state index in [9.17, 15) is 23.7 Å². The molecule has 2 aromatic carbocycles. The molecule has 2 heterocycles. The summed E-state index contributed by atoms with van der Waals surface area (Å²) in [6, 6.07) is 9.32. The topological polar surface area (TPSA) is 97.8 Å². The second kappa shape index (κ2) is 9.16. The molecule has 0 atom stereocenters. The van der Waals surface area contributed by atoms with Crippen LogP contribution in [0, 0.1) is 0 Å². The second-order valence-electron chi connectivity index (χ2n) is 10.2. The van der Waals surface area contributed by atoms with E-state index in [1.165, 1.54) is 9.80 Å². The van der Waals surface area contributed by atoms with Gasteiger partial charge in [0.15, 0.2) is 9.79 Å². The Balaban J connectivity index is 1.27. The fourth-order valence-electron chi connectivity index (χ4n) is 6.19. The minimum absolute atomic E-state index is 0.0764. The molecule has 4 amide bonds. The summed E-state index contributed by atoms with van der Waals surface area (Å²) in [5.41, 5.74) is 1.27. The molecular weight excluding hydrogens is 476 g/mol. The molecule has 0 N–H and O–H groups in total. The van der Waals surface area contributed by atoms with E-state index in [-0.39, 0.29) is 46.8 Å². The first kappa shape index (κ1) is 23.4. The van der Waals surface area contributed by atoms with E-state index in [1.54, 1.807) is 36.4 Å². The molecule has 4 aliphatic rings. The van der Waals surface area contributed by atoms with Crippen LogP contribution in [0.4, 0.5) is 0 Å². The van der Waals surface area contributed by atoms with Gasteiger partial charge in [-0.3, -0.25) is 29.0 Å². The van der Waals surface area contributed by atoms with Gasteiger partial charge < -0.3 is 4.55 Å². The second-order valence-corrected chi connectivity index (χ2v) is 11.7. The normalized spacial score (nSPS) is 21.1. The van der Waals surface area contributed by atoms with Crippen molar-refractivity contribution in [3.63, 3.8) is 0 Å². The van der Waals surface area contributed by atoms with Crippen LogP contribution in [-0.2, 0) is 11.2 Å². The molecule has 7 nitrogen and oxygen atoms in total. The monoisotopic (exact) mass is 504 g/mol. The lowest BCUT2D eigenvalue weighted by Crippen LogP contribution is -2.40. The van der Waals surface area contributed by atoms with Crippen molar-refractivity contribution in [2.75, 3.05) is 0 Å². The number of hydrogen-bond acceptors (Lipinski definition) is 5. The molecule has 0 aromatic heterocycles. The van der Waals surface area contributed by atoms with Crippen LogP contribution in [0.5, 0.6) is 0 Å². The molecule has 2 saturated carbocycles. The number of fused-ring (bicyclic) bond motifs is 2. The van der Waals surface area contributed by atoms with Gasteiger partial charge in [0.1, 0.15) is 0 Å². The van der Waals surface area contributed by atoms with Crippen LogP contribution in [0.15, 0.2) is 46.2 Å². The van der Waals surface area contributed by atoms with Crippen molar-refractivity contribution < 1.29 is 23.7 Å². The number of rotatable bonds is 4. The first-order chi connectivity index (χ1) is 17.5. The van der Waals surface area contributed by atoms with Crippen molar-refractivity contribution in [2.24, 2.45) is 0 Å². The first-order valence-corrected chi connectivity index (χ1v) is 14.1. The van der Waals surface area contributed by atoms with Crippen molar-refractivity contribution in [2.45, 2.75) is 86.1 Å². The summed E-state index contributed by atoms with van der Waals surface area (Å²) in [6.45, 7) is 0. The number of nitrogens with zero attached hydrogens (tertiary/aromatic N) is 2. The first-order valence-electron chi connectivity index (χ1n) is 12.9. The van der Waals surface area contributed by atoms with Crippen molar-refractivity contribution >= 4 is 34.8 Å². The molecule has 0 spiro atoms. The van der Waals surface area contributed by atoms with Gasteiger partial charge in [-0.25, -0.2) is 0 Å². The summed E-state index contributed by atoms with van der Waals surface area (Å²) in [5, 5.41) is 0. The summed E-state index contributed by atoms with van der Waals surface area (Å²) in [4.78, 5) is 55.8. The van der Waals surface area contributed by atoms with Crippen LogP contribution >= 0.6 is 0 Å². The maximum absolute atomic E-state index is 13.5. The molecule has 186 valence electrons. The average molecular weight is 505 g/mol. The average Bonchev–Trinajstić information content (AvgIpc) is 3.32. The Hall–Kier alpha value is -2.97. The Kier molecular flexibility index (Phi) is 5.96. The van der Waals surface area contributed by atoms with Crippen LogP contribution in [0.2, 0.25) is 0 Å². The van der Waals surface area contributed by atoms with E-state index in [1.807, 2.05) is 0 Å². The standard InChI is InChI=1S/C28H28N2O5S/c31-25-21-13-11-19(15-23(21)27(33)29(25)17-7-3-1-4-8-17)36(35)20-12-14-22-24(16-20)28(34)30(26(22)32)18-9-5-2-6-10-18/h11-18H,1-10H2. The van der Waals surface area contributed by atoms with Gasteiger partial charge in [0, 0.05) is 35.4 Å². The summed E-state index contributed by atoms with van der Waals surface area (Å²) in [6.07, 6.45) is 9.56. The molecule has 0 unspecified atom stereocenters. The third-order valence-electron chi connectivity index (χ3n) is 8.09. The maximum Gasteiger partial charge on any atom is 0.261 e. The molecule has 2 fully saturated rings. The highest BCUT2D eigenvalue weighted by Crippen LogP contribution is 2.35. The highest BCUT2D eigenvalue weighted by atomic mass is 32.2. The Labute approximate surface area is 213 Å². The molecule has 6 rings (SSSR count). The van der Waals surface area contributed by atoms with Crippen molar-refractivity contribution in [1.82, 2.24) is 9.80 Å². The van der Waals surface area contributed by atoms with Gasteiger partial charge in [0.25, 0.3) is 23.6 Å². The van der Waals surface area contributed by atoms with Crippen LogP contribution in [-0.4, -0.2) is 50.1 Å². The summed E-state index contributed by atoms with van der Waals surface area (Å²) in [7, 11) is 0. The maximum atomic E-state index is 13.5. The lowest BCUT2D eigenvalue weighted by Gasteiger charge is -2.29. The van der Waals surface area contributed by atoms with Gasteiger partial charge in [0.2, 0.25) is 0 Å². The lowest BCUT2D eigenvalue weighted by atomic mass is 9.94. The van der Waals surface area contributed by atoms with Crippen LogP contribution < -0.4 is 0 Å². The van der Waals surface area contributed by atoms with Gasteiger partial charge in [0.05, 0.1) is 22.3 Å². The van der Waals surface area contributed by atoms with E-state index in [4.69, 9.17) is 0 Å². The van der Waals surface area contributed by atoms with Gasteiger partial charge in [-0.1, -0.05) is 38.5 Å². The molecule has 0 saturated heterocycles. The number of amides is 4. The quantitative estimate of drug-likeness (QED) is 0.444. The van der Waals surface area contributed by atoms with Gasteiger partial charge in [-0.15, -0.1) is 0 Å². The number of carbonyl (C=O) groups excluding carboxylic acids is 4. The molecular formula is C28H28N2O5S. The highest BCUT2D eigenvalue weighted by Gasteiger charge is 2.43. The Morgan fingerprint density at radius 3 is 1.31 bits per heavy atom. The van der Waals surface area contributed by atoms with Gasteiger partial charge in [-0.2, -0.15) is 0 Å². The molecule has 36 heavy (non-hydrogen) atoms. The third-order valence-corrected chi connectivity index (χ3v) is 9.45. The van der Waals surface area contributed by atoms with Crippen molar-refractivity contribution in [3.8, 4) is 0 Å². The zero-order valence-electron chi connectivity index (χ0n) is 20.0. The van der Waals surface area contributed by atoms with Crippen molar-refractivity contribution in [3.05, 3.63) is 58.7 Å². The summed E-state index contributed by atoms with van der Waals surface area (Å²) in [5.74, 6) is -1.19. The fraction of sp³-hybridized carbons (Fsp3) is 0.429. The van der Waals surface area contributed by atoms with Gasteiger partial charge in [-0.05, 0) is 49.9 Å². The predicted molar refractivity (Wildman–Crippen MR) is 132 cm³/mol. The van der Waals surface area contributed by atoms with E-state index in [0.717, 1.165) is 64.2 Å². The zero-order chi connectivity index (χ0) is 25.0. The van der Waals surface area contributed by atoms with Crippen LogP contribution in [0.1, 0.15) is 106 Å². The Morgan fingerprint density at radius 2 is 0.917 bits per heavy atom. The SMILES string of the molecule is O=C1c2ccc([S+]([O-])c3ccc4c(c3)C(=O)N(C3CCCCC3)C4=O)cc2C(=O)N1C1CCCCC1. The minimum Gasteiger partial charge on any atom is -0.606 e. The summed E-state index contributed by atoms with van der Waals surface area (Å²) >= 11 is -1.68. The van der Waals surface area contributed by atoms with Crippen LogP contribution in [0.25, 0.3) is 0 Å². The fourth-order valence-corrected chi connectivity index (χ4v) is 7.29. The van der Waals surface area contributed by atoms with E-state index in [2.05, 4.69) is 0 Å². The van der Waals surface area contributed by atoms with E-state index >= 15 is 0 Å². The number of imide groups is 2. The highest BCUT2D eigenvalue weighted by molar-refractivity contribution is 7.91. The largest absolute Gasteiger partial charge is 0.606 e. The van der Waals surface area contributed by atoms with Gasteiger partial charge >= 0.3 is 0 Å². The third kappa shape index (κ3) is 3.69. The summed E-state index contributed by atoms with van der Waals surface area (Å²) < 4.78 is 13.5. The van der Waals surface area contributed by atoms with E-state index < -0.39 is 11.2 Å². The molecule has 2 aromatic rings. The minimum atomic E-state index is -1.68. The predicted octanol–water partition coefficient (Wildman–Crippen LogP) is 4.71. The molecule has 0 radical (unpaired) electrons. The number of hydrogen-bond donors (Lipinski definition) is 0. The Morgan fingerprint density at radius 1 is 0.556 bits per heavy atom. The van der Waals surface area contributed by atoms with E-state index in [0.29, 0.717) is 20.9 Å². The number of carbonyl (C=O) groups is 4. The molecule has 2 aliphatic carbocycles. The molecule has 0 bridgehead atoms.